The van der Waals surface area contributed by atoms with Gasteiger partial charge in [0.2, 0.25) is 5.89 Å². The molecule has 0 radical (unpaired) electrons. The summed E-state index contributed by atoms with van der Waals surface area (Å²) in [5.74, 6) is -4.43. The average molecular weight is 387 g/mol. The topological polar surface area (TPSA) is 77.6 Å². The van der Waals surface area contributed by atoms with Crippen molar-refractivity contribution in [2.75, 3.05) is 0 Å². The van der Waals surface area contributed by atoms with Crippen LogP contribution in [0.15, 0.2) is 39.7 Å². The molecule has 6 nitrogen and oxygen atoms in total. The molecule has 0 fully saturated rings. The summed E-state index contributed by atoms with van der Waals surface area (Å²) in [5.41, 5.74) is 0.218. The van der Waals surface area contributed by atoms with E-state index in [0.717, 1.165) is 0 Å². The summed E-state index contributed by atoms with van der Waals surface area (Å²) in [6.45, 7) is 2.95. The van der Waals surface area contributed by atoms with Crippen LogP contribution in [0.3, 0.4) is 0 Å². The fraction of sp³-hybridized carbons (Fsp3) is 0.158. The molecule has 0 atom stereocenters. The number of carbonyl (C=O) groups is 1. The summed E-state index contributed by atoms with van der Waals surface area (Å²) in [4.78, 5) is 15.3. The van der Waals surface area contributed by atoms with Gasteiger partial charge in [-0.05, 0) is 32.0 Å². The Morgan fingerprint density at radius 3 is 2.46 bits per heavy atom. The standard InChI is InChI=1S/C19H12F3N3O3/c1-19(2,28-15-13(21)6-11(20)7-14(15)22)18-25-24-17(27-18)9-3-4-12-10(5-9)8-23-16(12)26/h3-8H,1-2H3. The Labute approximate surface area is 156 Å². The van der Waals surface area contributed by atoms with Crippen molar-refractivity contribution >= 4 is 12.1 Å². The first-order chi connectivity index (χ1) is 13.2. The summed E-state index contributed by atoms with van der Waals surface area (Å²) < 4.78 is 51.8. The number of carbonyl (C=O) groups excluding carboxylic acids is 1. The maximum Gasteiger partial charge on any atom is 0.277 e. The summed E-state index contributed by atoms with van der Waals surface area (Å²) in [6, 6.07) is 5.90. The molecule has 0 unspecified atom stereocenters. The van der Waals surface area contributed by atoms with Crippen LogP contribution in [-0.2, 0) is 5.60 Å². The SMILES string of the molecule is CC(C)(Oc1c(F)cc(F)cc1F)c1nnc(-c2ccc3c(c2)C=NC3=O)o1. The molecule has 1 aliphatic heterocycles. The predicted molar refractivity (Wildman–Crippen MR) is 91.6 cm³/mol. The number of nitrogens with zero attached hydrogens (tertiary/aromatic N) is 3. The number of aliphatic imine (C=N–C) groups is 1. The zero-order chi connectivity index (χ0) is 20.1. The molecule has 0 saturated carbocycles. The second-order valence-corrected chi connectivity index (χ2v) is 6.59. The van der Waals surface area contributed by atoms with Crippen LogP contribution < -0.4 is 4.74 Å². The Morgan fingerprint density at radius 1 is 1.04 bits per heavy atom. The number of rotatable bonds is 4. The summed E-state index contributed by atoms with van der Waals surface area (Å²) in [5, 5.41) is 7.81. The lowest BCUT2D eigenvalue weighted by atomic mass is 10.1. The van der Waals surface area contributed by atoms with Crippen molar-refractivity contribution in [1.82, 2.24) is 10.2 Å². The molecular weight excluding hydrogens is 375 g/mol. The van der Waals surface area contributed by atoms with Crippen molar-refractivity contribution in [3.05, 3.63) is 64.8 Å². The molecule has 142 valence electrons. The van der Waals surface area contributed by atoms with Gasteiger partial charge in [0.1, 0.15) is 5.82 Å². The first-order valence-corrected chi connectivity index (χ1v) is 8.15. The molecule has 2 aromatic carbocycles. The van der Waals surface area contributed by atoms with Crippen molar-refractivity contribution in [1.29, 1.82) is 0 Å². The minimum atomic E-state index is -1.40. The lowest BCUT2D eigenvalue weighted by Crippen LogP contribution is -2.27. The van der Waals surface area contributed by atoms with E-state index in [-0.39, 0.29) is 17.7 Å². The molecule has 2 heterocycles. The van der Waals surface area contributed by atoms with Gasteiger partial charge in [-0.3, -0.25) is 4.79 Å². The molecule has 1 aromatic heterocycles. The Hall–Kier alpha value is -3.49. The van der Waals surface area contributed by atoms with Crippen LogP contribution in [0.4, 0.5) is 13.2 Å². The molecule has 0 aliphatic carbocycles. The highest BCUT2D eigenvalue weighted by Crippen LogP contribution is 2.33. The molecule has 4 rings (SSSR count). The Bertz CT molecular complexity index is 1120. The largest absolute Gasteiger partial charge is 0.472 e. The van der Waals surface area contributed by atoms with Crippen LogP contribution in [0.2, 0.25) is 0 Å². The van der Waals surface area contributed by atoms with E-state index < -0.39 is 28.8 Å². The van der Waals surface area contributed by atoms with Crippen LogP contribution in [0.25, 0.3) is 11.5 Å². The summed E-state index contributed by atoms with van der Waals surface area (Å²) in [7, 11) is 0. The number of fused-ring (bicyclic) bond motifs is 1. The number of amides is 1. The Kier molecular flexibility index (Phi) is 4.02. The quantitative estimate of drug-likeness (QED) is 0.675. The van der Waals surface area contributed by atoms with Crippen molar-refractivity contribution in [2.24, 2.45) is 4.99 Å². The van der Waals surface area contributed by atoms with Gasteiger partial charge in [-0.2, -0.15) is 0 Å². The van der Waals surface area contributed by atoms with Gasteiger partial charge in [-0.15, -0.1) is 10.2 Å². The van der Waals surface area contributed by atoms with E-state index in [1.54, 1.807) is 18.2 Å². The fourth-order valence-corrected chi connectivity index (χ4v) is 2.70. The smallest absolute Gasteiger partial charge is 0.277 e. The number of halogens is 3. The average Bonchev–Trinajstić information content (AvgIpc) is 3.26. The summed E-state index contributed by atoms with van der Waals surface area (Å²) >= 11 is 0. The number of ether oxygens (including phenoxy) is 1. The van der Waals surface area contributed by atoms with Crippen molar-refractivity contribution < 1.29 is 27.1 Å². The third-order valence-electron chi connectivity index (χ3n) is 4.11. The minimum Gasteiger partial charge on any atom is -0.472 e. The Balaban J connectivity index is 1.64. The lowest BCUT2D eigenvalue weighted by molar-refractivity contribution is 0.0668. The molecule has 0 spiro atoms. The van der Waals surface area contributed by atoms with Gasteiger partial charge in [0.25, 0.3) is 11.8 Å². The zero-order valence-corrected chi connectivity index (χ0v) is 14.7. The second kappa shape index (κ2) is 6.29. The number of hydrogen-bond donors (Lipinski definition) is 0. The number of aromatic nitrogens is 2. The van der Waals surface area contributed by atoms with Crippen molar-refractivity contribution in [2.45, 2.75) is 19.4 Å². The predicted octanol–water partition coefficient (Wildman–Crippen LogP) is 4.04. The summed E-state index contributed by atoms with van der Waals surface area (Å²) in [6.07, 6.45) is 1.44. The molecule has 1 amide bonds. The number of hydrogen-bond acceptors (Lipinski definition) is 5. The van der Waals surface area contributed by atoms with Crippen LogP contribution in [0.1, 0.15) is 35.7 Å². The number of benzene rings is 2. The zero-order valence-electron chi connectivity index (χ0n) is 14.7. The minimum absolute atomic E-state index is 0.0455. The van der Waals surface area contributed by atoms with E-state index in [1.807, 2.05) is 0 Å². The van der Waals surface area contributed by atoms with Crippen LogP contribution >= 0.6 is 0 Å². The molecule has 1 aliphatic rings. The van der Waals surface area contributed by atoms with Crippen molar-refractivity contribution in [3.63, 3.8) is 0 Å². The molecule has 0 bridgehead atoms. The van der Waals surface area contributed by atoms with Crippen LogP contribution in [0.5, 0.6) is 5.75 Å². The van der Waals surface area contributed by atoms with Gasteiger partial charge in [-0.1, -0.05) is 0 Å². The lowest BCUT2D eigenvalue weighted by Gasteiger charge is -2.23. The normalized spacial score (nSPS) is 13.1. The maximum absolute atomic E-state index is 13.9. The van der Waals surface area contributed by atoms with E-state index in [2.05, 4.69) is 15.2 Å². The van der Waals surface area contributed by atoms with E-state index in [9.17, 15) is 18.0 Å². The highest BCUT2D eigenvalue weighted by molar-refractivity contribution is 6.13. The molecule has 3 aromatic rings. The second-order valence-electron chi connectivity index (χ2n) is 6.59. The van der Waals surface area contributed by atoms with E-state index in [0.29, 0.717) is 28.8 Å². The maximum atomic E-state index is 13.9. The highest BCUT2D eigenvalue weighted by atomic mass is 19.1. The molecule has 0 saturated heterocycles. The molecular formula is C19H12F3N3O3. The first kappa shape index (κ1) is 17.9. The third-order valence-corrected chi connectivity index (χ3v) is 4.11. The Morgan fingerprint density at radius 2 is 1.75 bits per heavy atom. The van der Waals surface area contributed by atoms with Gasteiger partial charge in [-0.25, -0.2) is 18.2 Å². The fourth-order valence-electron chi connectivity index (χ4n) is 2.70. The van der Waals surface area contributed by atoms with E-state index in [4.69, 9.17) is 9.15 Å². The molecule has 0 N–H and O–H groups in total. The molecule has 28 heavy (non-hydrogen) atoms. The van der Waals surface area contributed by atoms with Crippen LogP contribution in [0, 0.1) is 17.5 Å². The molecule has 9 heteroatoms. The van der Waals surface area contributed by atoms with E-state index >= 15 is 0 Å². The van der Waals surface area contributed by atoms with Gasteiger partial charge in [0.15, 0.2) is 23.0 Å². The van der Waals surface area contributed by atoms with Gasteiger partial charge in [0, 0.05) is 29.5 Å². The first-order valence-electron chi connectivity index (χ1n) is 8.15. The third kappa shape index (κ3) is 3.04. The van der Waals surface area contributed by atoms with Crippen LogP contribution in [-0.4, -0.2) is 22.3 Å². The van der Waals surface area contributed by atoms with Gasteiger partial charge >= 0.3 is 0 Å². The highest BCUT2D eigenvalue weighted by Gasteiger charge is 2.32. The van der Waals surface area contributed by atoms with Crippen molar-refractivity contribution in [3.8, 4) is 17.2 Å². The van der Waals surface area contributed by atoms with E-state index in [1.165, 1.54) is 20.1 Å². The monoisotopic (exact) mass is 387 g/mol. The van der Waals surface area contributed by atoms with Gasteiger partial charge < -0.3 is 9.15 Å². The van der Waals surface area contributed by atoms with Gasteiger partial charge in [0.05, 0.1) is 5.56 Å².